The molecule has 0 unspecified atom stereocenters. The highest BCUT2D eigenvalue weighted by Gasteiger charge is 2.31. The van der Waals surface area contributed by atoms with Crippen LogP contribution in [0.25, 0.3) is 0 Å². The minimum absolute atomic E-state index is 0.107. The molecule has 25 heavy (non-hydrogen) atoms. The number of hydrogen-bond donors (Lipinski definition) is 0. The van der Waals surface area contributed by atoms with Gasteiger partial charge in [0.25, 0.3) is 0 Å². The lowest BCUT2D eigenvalue weighted by Gasteiger charge is -2.28. The molecule has 1 amide bonds. The highest BCUT2D eigenvalue weighted by Crippen LogP contribution is 2.36. The summed E-state index contributed by atoms with van der Waals surface area (Å²) >= 11 is 0. The van der Waals surface area contributed by atoms with Crippen LogP contribution in [0.3, 0.4) is 0 Å². The predicted molar refractivity (Wildman–Crippen MR) is 97.3 cm³/mol. The van der Waals surface area contributed by atoms with Crippen LogP contribution < -0.4 is 4.74 Å². The summed E-state index contributed by atoms with van der Waals surface area (Å²) in [6.07, 6.45) is 5.62. The van der Waals surface area contributed by atoms with Crippen LogP contribution in [-0.4, -0.2) is 47.9 Å². The molecule has 2 heterocycles. The highest BCUT2D eigenvalue weighted by atomic mass is 16.5. The topological polar surface area (TPSA) is 45.7 Å². The van der Waals surface area contributed by atoms with Crippen LogP contribution in [-0.2, 0) is 11.3 Å². The maximum atomic E-state index is 12.9. The van der Waals surface area contributed by atoms with Crippen LogP contribution in [0.2, 0.25) is 0 Å². The van der Waals surface area contributed by atoms with E-state index in [1.54, 1.807) is 13.3 Å². The Labute approximate surface area is 149 Å². The SMILES string of the molecule is COc1ccccc1[C@H]1CCCN1C(=O)CN(C)Cc1cccnc1. The van der Waals surface area contributed by atoms with Crippen molar-refractivity contribution in [2.75, 3.05) is 27.2 Å². The number of benzene rings is 1. The molecule has 1 aromatic heterocycles. The van der Waals surface area contributed by atoms with Crippen molar-refractivity contribution in [1.29, 1.82) is 0 Å². The molecule has 0 aliphatic carbocycles. The monoisotopic (exact) mass is 339 g/mol. The van der Waals surface area contributed by atoms with E-state index in [1.807, 2.05) is 53.4 Å². The van der Waals surface area contributed by atoms with E-state index in [2.05, 4.69) is 11.1 Å². The third-order valence-electron chi connectivity index (χ3n) is 4.65. The average molecular weight is 339 g/mol. The molecule has 0 saturated carbocycles. The van der Waals surface area contributed by atoms with Crippen molar-refractivity contribution in [3.63, 3.8) is 0 Å². The summed E-state index contributed by atoms with van der Waals surface area (Å²) in [7, 11) is 3.65. The van der Waals surface area contributed by atoms with Crippen LogP contribution in [0.5, 0.6) is 5.75 Å². The molecule has 3 rings (SSSR count). The van der Waals surface area contributed by atoms with Gasteiger partial charge in [-0.05, 0) is 37.6 Å². The number of aromatic nitrogens is 1. The minimum atomic E-state index is 0.107. The van der Waals surface area contributed by atoms with Gasteiger partial charge in [0, 0.05) is 31.0 Å². The standard InChI is InChI=1S/C20H25N3O2/c1-22(14-16-7-5-11-21-13-16)15-20(24)23-12-6-9-18(23)17-8-3-4-10-19(17)25-2/h3-5,7-8,10-11,13,18H,6,9,12,14-15H2,1-2H3/t18-/m1/s1. The van der Waals surface area contributed by atoms with E-state index in [1.165, 1.54) is 0 Å². The molecule has 1 saturated heterocycles. The summed E-state index contributed by atoms with van der Waals surface area (Å²) in [5.74, 6) is 1.02. The van der Waals surface area contributed by atoms with Gasteiger partial charge >= 0.3 is 0 Å². The van der Waals surface area contributed by atoms with Gasteiger partial charge in [-0.15, -0.1) is 0 Å². The van der Waals surface area contributed by atoms with Gasteiger partial charge in [-0.1, -0.05) is 24.3 Å². The van der Waals surface area contributed by atoms with Crippen molar-refractivity contribution in [1.82, 2.24) is 14.8 Å². The second kappa shape index (κ2) is 8.12. The van der Waals surface area contributed by atoms with Crippen LogP contribution >= 0.6 is 0 Å². The Kier molecular flexibility index (Phi) is 5.66. The molecule has 1 aliphatic heterocycles. The van der Waals surface area contributed by atoms with E-state index in [0.29, 0.717) is 13.1 Å². The zero-order chi connectivity index (χ0) is 17.6. The van der Waals surface area contributed by atoms with E-state index in [9.17, 15) is 4.79 Å². The lowest BCUT2D eigenvalue weighted by Crippen LogP contribution is -2.38. The molecule has 2 aromatic rings. The van der Waals surface area contributed by atoms with Crippen molar-refractivity contribution in [2.24, 2.45) is 0 Å². The number of ether oxygens (including phenoxy) is 1. The average Bonchev–Trinajstić information content (AvgIpc) is 3.12. The first-order valence-corrected chi connectivity index (χ1v) is 8.69. The molecule has 1 aromatic carbocycles. The Morgan fingerprint density at radius 1 is 1.32 bits per heavy atom. The third-order valence-corrected chi connectivity index (χ3v) is 4.65. The first-order chi connectivity index (χ1) is 12.2. The zero-order valence-electron chi connectivity index (χ0n) is 14.9. The van der Waals surface area contributed by atoms with Crippen LogP contribution in [0.4, 0.5) is 0 Å². The first-order valence-electron chi connectivity index (χ1n) is 8.69. The van der Waals surface area contributed by atoms with Crippen molar-refractivity contribution in [2.45, 2.75) is 25.4 Å². The number of amides is 1. The summed E-state index contributed by atoms with van der Waals surface area (Å²) in [5.41, 5.74) is 2.21. The summed E-state index contributed by atoms with van der Waals surface area (Å²) < 4.78 is 5.49. The lowest BCUT2D eigenvalue weighted by atomic mass is 10.0. The number of carbonyl (C=O) groups is 1. The number of rotatable bonds is 6. The van der Waals surface area contributed by atoms with Gasteiger partial charge in [0.1, 0.15) is 5.75 Å². The van der Waals surface area contributed by atoms with E-state index < -0.39 is 0 Å². The van der Waals surface area contributed by atoms with Gasteiger partial charge < -0.3 is 9.64 Å². The molecule has 0 bridgehead atoms. The number of methoxy groups -OCH3 is 1. The molecular formula is C20H25N3O2. The molecule has 1 aliphatic rings. The Bertz CT molecular complexity index is 705. The zero-order valence-corrected chi connectivity index (χ0v) is 14.9. The van der Waals surface area contributed by atoms with Gasteiger partial charge in [0.2, 0.25) is 5.91 Å². The molecule has 0 N–H and O–H groups in total. The van der Waals surface area contributed by atoms with Crippen LogP contribution in [0, 0.1) is 0 Å². The minimum Gasteiger partial charge on any atom is -0.496 e. The normalized spacial score (nSPS) is 17.1. The Balaban J connectivity index is 1.66. The summed E-state index contributed by atoms with van der Waals surface area (Å²) in [4.78, 5) is 21.0. The van der Waals surface area contributed by atoms with Gasteiger partial charge in [0.05, 0.1) is 19.7 Å². The predicted octanol–water partition coefficient (Wildman–Crippen LogP) is 2.89. The van der Waals surface area contributed by atoms with Gasteiger partial charge in [0.15, 0.2) is 0 Å². The summed E-state index contributed by atoms with van der Waals surface area (Å²) in [6, 6.07) is 12.1. The van der Waals surface area contributed by atoms with Crippen molar-refractivity contribution >= 4 is 5.91 Å². The van der Waals surface area contributed by atoms with Crippen molar-refractivity contribution < 1.29 is 9.53 Å². The number of likely N-dealkylation sites (tertiary alicyclic amines) is 1. The number of carbonyl (C=O) groups excluding carboxylic acids is 1. The highest BCUT2D eigenvalue weighted by molar-refractivity contribution is 5.79. The largest absolute Gasteiger partial charge is 0.496 e. The fraction of sp³-hybridized carbons (Fsp3) is 0.400. The van der Waals surface area contributed by atoms with E-state index in [-0.39, 0.29) is 11.9 Å². The fourth-order valence-electron chi connectivity index (χ4n) is 3.51. The molecule has 0 radical (unpaired) electrons. The molecule has 1 fully saturated rings. The number of pyridine rings is 1. The number of nitrogens with zero attached hydrogens (tertiary/aromatic N) is 3. The third kappa shape index (κ3) is 4.17. The van der Waals surface area contributed by atoms with Gasteiger partial charge in [-0.3, -0.25) is 14.7 Å². The Morgan fingerprint density at radius 3 is 2.92 bits per heavy atom. The molecule has 5 nitrogen and oxygen atoms in total. The van der Waals surface area contributed by atoms with Gasteiger partial charge in [-0.2, -0.15) is 0 Å². The fourth-order valence-corrected chi connectivity index (χ4v) is 3.51. The molecule has 0 spiro atoms. The molecule has 1 atom stereocenters. The quantitative estimate of drug-likeness (QED) is 0.812. The van der Waals surface area contributed by atoms with Crippen LogP contribution in [0.1, 0.15) is 30.0 Å². The van der Waals surface area contributed by atoms with E-state index in [0.717, 1.165) is 36.3 Å². The number of hydrogen-bond acceptors (Lipinski definition) is 4. The smallest absolute Gasteiger partial charge is 0.237 e. The molecular weight excluding hydrogens is 314 g/mol. The summed E-state index contributed by atoms with van der Waals surface area (Å²) in [6.45, 7) is 1.93. The lowest BCUT2D eigenvalue weighted by molar-refractivity contribution is -0.133. The maximum absolute atomic E-state index is 12.9. The number of likely N-dealkylation sites (N-methyl/N-ethyl adjacent to an activating group) is 1. The van der Waals surface area contributed by atoms with E-state index >= 15 is 0 Å². The maximum Gasteiger partial charge on any atom is 0.237 e. The molecule has 5 heteroatoms. The van der Waals surface area contributed by atoms with Crippen molar-refractivity contribution in [3.05, 3.63) is 59.9 Å². The van der Waals surface area contributed by atoms with E-state index in [4.69, 9.17) is 4.74 Å². The second-order valence-electron chi connectivity index (χ2n) is 6.52. The van der Waals surface area contributed by atoms with Crippen LogP contribution in [0.15, 0.2) is 48.8 Å². The second-order valence-corrected chi connectivity index (χ2v) is 6.52. The Morgan fingerprint density at radius 2 is 2.16 bits per heavy atom. The van der Waals surface area contributed by atoms with Gasteiger partial charge in [-0.25, -0.2) is 0 Å². The Hall–Kier alpha value is -2.40. The first kappa shape index (κ1) is 17.4. The summed E-state index contributed by atoms with van der Waals surface area (Å²) in [5, 5.41) is 0. The number of para-hydroxylation sites is 1. The molecule has 132 valence electrons. The van der Waals surface area contributed by atoms with Crippen molar-refractivity contribution in [3.8, 4) is 5.75 Å².